The van der Waals surface area contributed by atoms with Crippen molar-refractivity contribution in [2.45, 2.75) is 19.1 Å². The van der Waals surface area contributed by atoms with Gasteiger partial charge in [-0.1, -0.05) is 13.8 Å². The summed E-state index contributed by atoms with van der Waals surface area (Å²) in [5.41, 5.74) is 0. The number of thiol groups is 1. The van der Waals surface area contributed by atoms with Crippen LogP contribution in [0.4, 0.5) is 0 Å². The maximum Gasteiger partial charge on any atom is 1.00 e. The van der Waals surface area contributed by atoms with Crippen molar-refractivity contribution in [2.24, 2.45) is 0 Å². The fourth-order valence-electron chi connectivity index (χ4n) is 0. The fourth-order valence-corrected chi connectivity index (χ4v) is 0. The molecular weight excluding hydrogens is 75.0 g/mol. The molecule has 0 radical (unpaired) electrons. The van der Waals surface area contributed by atoms with Gasteiger partial charge in [0.25, 0.3) is 0 Å². The molecule has 0 saturated heterocycles. The van der Waals surface area contributed by atoms with Gasteiger partial charge in [0.15, 0.2) is 0 Å². The van der Waals surface area contributed by atoms with Crippen LogP contribution in [0.15, 0.2) is 0 Å². The predicted octanol–water partition coefficient (Wildman–Crippen LogP) is -1.56. The van der Waals surface area contributed by atoms with E-state index in [0.29, 0.717) is 5.25 Å². The zero-order valence-corrected chi connectivity index (χ0v) is 4.92. The summed E-state index contributed by atoms with van der Waals surface area (Å²) in [7, 11) is 0. The molecule has 0 aromatic heterocycles. The van der Waals surface area contributed by atoms with Crippen molar-refractivity contribution in [3.05, 3.63) is 0 Å². The van der Waals surface area contributed by atoms with Gasteiger partial charge in [0.05, 0.1) is 0 Å². The van der Waals surface area contributed by atoms with Crippen molar-refractivity contribution in [3.8, 4) is 0 Å². The van der Waals surface area contributed by atoms with E-state index in [-0.39, 0.29) is 20.3 Å². The Balaban J connectivity index is -0.0000000450. The van der Waals surface area contributed by atoms with Crippen molar-refractivity contribution < 1.29 is 20.3 Å². The maximum atomic E-state index is 3.97. The average molecular weight is 84.1 g/mol. The van der Waals surface area contributed by atoms with Gasteiger partial charge in [-0.25, -0.2) is 0 Å². The van der Waals surface area contributed by atoms with Crippen molar-refractivity contribution >= 4 is 12.6 Å². The van der Waals surface area contributed by atoms with Gasteiger partial charge in [-0.15, -0.1) is 0 Å². The standard InChI is InChI=1S/C3H8S.Li.H/c1-3(2)4;;/h3-4H,1-2H3;;/q;+1;-1. The first kappa shape index (κ1) is 9.34. The molecule has 0 atom stereocenters. The van der Waals surface area contributed by atoms with E-state index in [0.717, 1.165) is 0 Å². The summed E-state index contributed by atoms with van der Waals surface area (Å²) in [6, 6.07) is 0. The molecule has 0 fully saturated rings. The summed E-state index contributed by atoms with van der Waals surface area (Å²) in [6.07, 6.45) is 0. The molecule has 0 nitrogen and oxygen atoms in total. The van der Waals surface area contributed by atoms with Crippen LogP contribution >= 0.6 is 12.6 Å². The molecule has 0 aliphatic heterocycles. The van der Waals surface area contributed by atoms with Gasteiger partial charge in [-0.05, 0) is 5.25 Å². The van der Waals surface area contributed by atoms with Gasteiger partial charge in [-0.2, -0.15) is 12.6 Å². The van der Waals surface area contributed by atoms with Gasteiger partial charge in [-0.3, -0.25) is 0 Å². The first-order valence-electron chi connectivity index (χ1n) is 1.41. The van der Waals surface area contributed by atoms with E-state index in [1.807, 2.05) is 13.8 Å². The molecule has 0 aromatic carbocycles. The van der Waals surface area contributed by atoms with E-state index < -0.39 is 0 Å². The molecule has 0 rings (SSSR count). The van der Waals surface area contributed by atoms with Gasteiger partial charge < -0.3 is 1.43 Å². The predicted molar refractivity (Wildman–Crippen MR) is 25.2 cm³/mol. The monoisotopic (exact) mass is 84.1 g/mol. The molecule has 0 spiro atoms. The minimum Gasteiger partial charge on any atom is -1.00 e. The van der Waals surface area contributed by atoms with E-state index in [4.69, 9.17) is 0 Å². The maximum absolute atomic E-state index is 3.97. The van der Waals surface area contributed by atoms with Crippen LogP contribution in [0.1, 0.15) is 15.3 Å². The van der Waals surface area contributed by atoms with Gasteiger partial charge in [0.1, 0.15) is 0 Å². The van der Waals surface area contributed by atoms with Gasteiger partial charge in [0, 0.05) is 0 Å². The van der Waals surface area contributed by atoms with Crippen molar-refractivity contribution in [3.63, 3.8) is 0 Å². The second kappa shape index (κ2) is 4.95. The zero-order chi connectivity index (χ0) is 3.58. The molecule has 0 saturated carbocycles. The zero-order valence-electron chi connectivity index (χ0n) is 5.02. The van der Waals surface area contributed by atoms with E-state index >= 15 is 0 Å². The van der Waals surface area contributed by atoms with Gasteiger partial charge >= 0.3 is 18.9 Å². The minimum absolute atomic E-state index is 0. The molecule has 0 unspecified atom stereocenters. The number of hydrogen-bond acceptors (Lipinski definition) is 1. The summed E-state index contributed by atoms with van der Waals surface area (Å²) >= 11 is 3.97. The summed E-state index contributed by atoms with van der Waals surface area (Å²) in [6.45, 7) is 4.06. The van der Waals surface area contributed by atoms with Crippen molar-refractivity contribution in [2.75, 3.05) is 0 Å². The molecule has 0 amide bonds. The molecule has 0 N–H and O–H groups in total. The second-order valence-electron chi connectivity index (χ2n) is 1.09. The normalized spacial score (nSPS) is 7.20. The van der Waals surface area contributed by atoms with Crippen molar-refractivity contribution in [1.82, 2.24) is 0 Å². The van der Waals surface area contributed by atoms with Crippen LogP contribution in [0.3, 0.4) is 0 Å². The topological polar surface area (TPSA) is 0 Å². The first-order chi connectivity index (χ1) is 1.73. The smallest absolute Gasteiger partial charge is 1.00 e. The second-order valence-corrected chi connectivity index (χ2v) is 2.13. The van der Waals surface area contributed by atoms with Crippen LogP contribution in [0.5, 0.6) is 0 Å². The molecular formula is C3H9LiS. The van der Waals surface area contributed by atoms with Crippen LogP contribution in [0.25, 0.3) is 0 Å². The Morgan fingerprint density at radius 3 is 1.60 bits per heavy atom. The minimum atomic E-state index is 0. The molecule has 0 aliphatic carbocycles. The number of rotatable bonds is 0. The Bertz CT molecular complexity index is 15.5. The third-order valence-electron chi connectivity index (χ3n) is 0. The first-order valence-corrected chi connectivity index (χ1v) is 1.93. The average Bonchev–Trinajstić information content (AvgIpc) is 0.811. The molecule has 28 valence electrons. The quantitative estimate of drug-likeness (QED) is 0.266. The van der Waals surface area contributed by atoms with Crippen LogP contribution in [0.2, 0.25) is 0 Å². The van der Waals surface area contributed by atoms with Crippen LogP contribution in [0, 0.1) is 0 Å². The van der Waals surface area contributed by atoms with Crippen LogP contribution in [-0.4, -0.2) is 5.25 Å². The van der Waals surface area contributed by atoms with E-state index in [1.165, 1.54) is 0 Å². The summed E-state index contributed by atoms with van der Waals surface area (Å²) in [5, 5.41) is 0.528. The summed E-state index contributed by atoms with van der Waals surface area (Å²) in [5.74, 6) is 0. The Morgan fingerprint density at radius 2 is 1.60 bits per heavy atom. The van der Waals surface area contributed by atoms with Crippen LogP contribution < -0.4 is 18.9 Å². The third-order valence-corrected chi connectivity index (χ3v) is 0. The Morgan fingerprint density at radius 1 is 1.60 bits per heavy atom. The molecule has 0 aromatic rings. The van der Waals surface area contributed by atoms with Crippen LogP contribution in [-0.2, 0) is 0 Å². The molecule has 5 heavy (non-hydrogen) atoms. The molecule has 0 aliphatic rings. The Kier molecular flexibility index (Phi) is 9.24. The van der Waals surface area contributed by atoms with Gasteiger partial charge in [0.2, 0.25) is 0 Å². The third kappa shape index (κ3) is 47.9. The molecule has 0 bridgehead atoms. The Hall–Kier alpha value is 0.947. The van der Waals surface area contributed by atoms with E-state index in [9.17, 15) is 0 Å². The summed E-state index contributed by atoms with van der Waals surface area (Å²) in [4.78, 5) is 0. The van der Waals surface area contributed by atoms with E-state index in [2.05, 4.69) is 12.6 Å². The van der Waals surface area contributed by atoms with Crippen molar-refractivity contribution in [1.29, 1.82) is 0 Å². The largest absolute Gasteiger partial charge is 1.00 e. The SMILES string of the molecule is CC(C)S.[H-].[Li+]. The van der Waals surface area contributed by atoms with E-state index in [1.54, 1.807) is 0 Å². The fraction of sp³-hybridized carbons (Fsp3) is 1.00. The Labute approximate surface area is 52.4 Å². The number of hydrogen-bond donors (Lipinski definition) is 1. The molecule has 0 heterocycles. The molecule has 2 heteroatoms. The summed E-state index contributed by atoms with van der Waals surface area (Å²) < 4.78 is 0.